The maximum absolute atomic E-state index is 11.6. The lowest BCUT2D eigenvalue weighted by Gasteiger charge is -2.29. The molecule has 1 aliphatic rings. The molecule has 0 aromatic carbocycles. The van der Waals surface area contributed by atoms with Crippen LogP contribution in [0.25, 0.3) is 0 Å². The van der Waals surface area contributed by atoms with E-state index in [0.29, 0.717) is 0 Å². The van der Waals surface area contributed by atoms with Gasteiger partial charge in [-0.25, -0.2) is 4.57 Å². The number of aliphatic hydroxyl groups excluding tert-OH is 2. The van der Waals surface area contributed by atoms with E-state index in [2.05, 4.69) is 4.52 Å². The number of phosphoric acid groups is 1. The number of carbonyl (C=O) groups excluding carboxylic acids is 1. The van der Waals surface area contributed by atoms with Crippen LogP contribution in [-0.2, 0) is 28.1 Å². The molecule has 0 spiro atoms. The second-order valence-corrected chi connectivity index (χ2v) is 6.47. The highest BCUT2D eigenvalue weighted by Crippen LogP contribution is 2.35. The van der Waals surface area contributed by atoms with Gasteiger partial charge in [0, 0.05) is 7.11 Å². The normalized spacial score (nSPS) is 25.7. The van der Waals surface area contributed by atoms with E-state index in [4.69, 9.17) is 24.0 Å². The maximum Gasteiger partial charge on any atom is 0.470 e. The molecule has 22 heavy (non-hydrogen) atoms. The molecule has 0 saturated carbocycles. The zero-order valence-electron chi connectivity index (χ0n) is 12.4. The molecule has 0 amide bonds. The van der Waals surface area contributed by atoms with Crippen molar-refractivity contribution in [3.63, 3.8) is 0 Å². The third-order valence-corrected chi connectivity index (χ3v) is 3.50. The van der Waals surface area contributed by atoms with Crippen LogP contribution < -0.4 is 0 Å². The molecule has 1 heterocycles. The predicted molar refractivity (Wildman–Crippen MR) is 70.7 cm³/mol. The van der Waals surface area contributed by atoms with Gasteiger partial charge in [-0.2, -0.15) is 0 Å². The van der Waals surface area contributed by atoms with Crippen molar-refractivity contribution in [1.29, 1.82) is 0 Å². The van der Waals surface area contributed by atoms with Crippen molar-refractivity contribution in [2.45, 2.75) is 44.1 Å². The minimum absolute atomic E-state index is 0.0858. The summed E-state index contributed by atoms with van der Waals surface area (Å²) in [5, 5.41) is 19.8. The molecule has 4 N–H and O–H groups in total. The van der Waals surface area contributed by atoms with E-state index < -0.39 is 50.4 Å². The molecule has 130 valence electrons. The van der Waals surface area contributed by atoms with Crippen molar-refractivity contribution in [2.24, 2.45) is 0 Å². The summed E-state index contributed by atoms with van der Waals surface area (Å²) in [6.45, 7) is 2.35. The molecule has 1 saturated heterocycles. The van der Waals surface area contributed by atoms with Crippen molar-refractivity contribution in [1.82, 2.24) is 0 Å². The quantitative estimate of drug-likeness (QED) is 0.385. The van der Waals surface area contributed by atoms with Gasteiger partial charge < -0.3 is 34.2 Å². The van der Waals surface area contributed by atoms with E-state index in [1.165, 1.54) is 7.11 Å². The SMILES string of the molecule is CO[C@H]([C@H](O)[C@H](O)C(=O)COP(=O)(O)O)[C@@H]1COC(C)(C)O1. The first-order chi connectivity index (χ1) is 9.97. The zero-order chi connectivity index (χ0) is 17.1. The molecule has 1 fully saturated rings. The Kier molecular flexibility index (Phi) is 6.63. The highest BCUT2D eigenvalue weighted by atomic mass is 31.2. The highest BCUT2D eigenvalue weighted by Gasteiger charge is 2.43. The zero-order valence-corrected chi connectivity index (χ0v) is 13.3. The molecule has 1 rings (SSSR count). The van der Waals surface area contributed by atoms with Gasteiger partial charge in [-0.15, -0.1) is 0 Å². The molecular formula is C11H21O10P. The van der Waals surface area contributed by atoms with Gasteiger partial charge in [-0.05, 0) is 13.8 Å². The monoisotopic (exact) mass is 344 g/mol. The molecule has 0 bridgehead atoms. The number of hydrogen-bond donors (Lipinski definition) is 4. The van der Waals surface area contributed by atoms with Crippen LogP contribution in [0, 0.1) is 0 Å². The fourth-order valence-electron chi connectivity index (χ4n) is 1.99. The summed E-state index contributed by atoms with van der Waals surface area (Å²) < 4.78 is 30.3. The van der Waals surface area contributed by atoms with Crippen LogP contribution in [0.2, 0.25) is 0 Å². The number of phosphoric ester groups is 1. The second-order valence-electron chi connectivity index (χ2n) is 5.23. The van der Waals surface area contributed by atoms with E-state index in [0.717, 1.165) is 0 Å². The van der Waals surface area contributed by atoms with Gasteiger partial charge in [0.2, 0.25) is 0 Å². The van der Waals surface area contributed by atoms with Crippen molar-refractivity contribution in [3.05, 3.63) is 0 Å². The number of carbonyl (C=O) groups is 1. The van der Waals surface area contributed by atoms with Crippen LogP contribution in [0.5, 0.6) is 0 Å². The van der Waals surface area contributed by atoms with Crippen molar-refractivity contribution in [2.75, 3.05) is 20.3 Å². The number of Topliss-reactive ketones (excluding diaryl/α,β-unsaturated/α-hetero) is 1. The summed E-state index contributed by atoms with van der Waals surface area (Å²) in [4.78, 5) is 28.6. The van der Waals surface area contributed by atoms with E-state index in [9.17, 15) is 19.6 Å². The average molecular weight is 344 g/mol. The van der Waals surface area contributed by atoms with Gasteiger partial charge in [0.25, 0.3) is 0 Å². The molecule has 10 nitrogen and oxygen atoms in total. The summed E-state index contributed by atoms with van der Waals surface area (Å²) >= 11 is 0. The maximum atomic E-state index is 11.6. The van der Waals surface area contributed by atoms with E-state index >= 15 is 0 Å². The first-order valence-electron chi connectivity index (χ1n) is 6.40. The van der Waals surface area contributed by atoms with E-state index in [1.807, 2.05) is 0 Å². The van der Waals surface area contributed by atoms with Crippen LogP contribution in [0.3, 0.4) is 0 Å². The number of hydrogen-bond acceptors (Lipinski definition) is 8. The van der Waals surface area contributed by atoms with Gasteiger partial charge in [-0.1, -0.05) is 0 Å². The molecular weight excluding hydrogens is 323 g/mol. The van der Waals surface area contributed by atoms with Crippen molar-refractivity contribution in [3.8, 4) is 0 Å². The van der Waals surface area contributed by atoms with E-state index in [-0.39, 0.29) is 6.61 Å². The fraction of sp³-hybridized carbons (Fsp3) is 0.909. The molecule has 1 aliphatic heterocycles. The van der Waals surface area contributed by atoms with E-state index in [1.54, 1.807) is 13.8 Å². The minimum atomic E-state index is -4.85. The smallest absolute Gasteiger partial charge is 0.387 e. The van der Waals surface area contributed by atoms with Gasteiger partial charge in [0.1, 0.15) is 31.0 Å². The lowest BCUT2D eigenvalue weighted by Crippen LogP contribution is -2.50. The fourth-order valence-corrected chi connectivity index (χ4v) is 2.29. The molecule has 4 atom stereocenters. The summed E-state index contributed by atoms with van der Waals surface area (Å²) in [6, 6.07) is 0. The number of rotatable bonds is 8. The van der Waals surface area contributed by atoms with Crippen LogP contribution in [-0.4, -0.2) is 76.3 Å². The Balaban J connectivity index is 2.65. The van der Waals surface area contributed by atoms with Gasteiger partial charge in [0.05, 0.1) is 6.61 Å². The molecule has 0 radical (unpaired) electrons. The average Bonchev–Trinajstić information content (AvgIpc) is 2.75. The van der Waals surface area contributed by atoms with Crippen LogP contribution in [0.15, 0.2) is 0 Å². The standard InChI is InChI=1S/C11H21O10P/c1-11(2)19-5-7(21-11)10(18-3)9(14)8(13)6(12)4-20-22(15,16)17/h7-10,13-14H,4-5H2,1-3H3,(H2,15,16,17)/t7-,8+,9+,10-/m0/s1. The number of ketones is 1. The third kappa shape index (κ3) is 5.65. The lowest BCUT2D eigenvalue weighted by atomic mass is 10.0. The molecule has 0 unspecified atom stereocenters. The lowest BCUT2D eigenvalue weighted by molar-refractivity contribution is -0.176. The molecule has 11 heteroatoms. The van der Waals surface area contributed by atoms with Gasteiger partial charge in [-0.3, -0.25) is 9.32 Å². The van der Waals surface area contributed by atoms with Crippen LogP contribution >= 0.6 is 7.82 Å². The molecule has 0 aromatic heterocycles. The van der Waals surface area contributed by atoms with Crippen LogP contribution in [0.4, 0.5) is 0 Å². The third-order valence-electron chi connectivity index (χ3n) is 3.03. The Labute approximate surface area is 127 Å². The Bertz CT molecular complexity index is 433. The number of methoxy groups -OCH3 is 1. The first kappa shape index (κ1) is 19.6. The second kappa shape index (κ2) is 7.43. The molecule has 0 aromatic rings. The van der Waals surface area contributed by atoms with Crippen LogP contribution in [0.1, 0.15) is 13.8 Å². The Hall–Kier alpha value is -0.420. The Morgan fingerprint density at radius 3 is 2.41 bits per heavy atom. The Morgan fingerprint density at radius 2 is 2.00 bits per heavy atom. The largest absolute Gasteiger partial charge is 0.470 e. The van der Waals surface area contributed by atoms with Gasteiger partial charge >= 0.3 is 7.82 Å². The Morgan fingerprint density at radius 1 is 1.41 bits per heavy atom. The summed E-state index contributed by atoms with van der Waals surface area (Å²) in [5.41, 5.74) is 0. The summed E-state index contributed by atoms with van der Waals surface area (Å²) in [6.07, 6.45) is -5.43. The summed E-state index contributed by atoms with van der Waals surface area (Å²) in [7, 11) is -3.59. The van der Waals surface area contributed by atoms with Crippen molar-refractivity contribution >= 4 is 13.6 Å². The first-order valence-corrected chi connectivity index (χ1v) is 7.93. The predicted octanol–water partition coefficient (Wildman–Crippen LogP) is -1.45. The minimum Gasteiger partial charge on any atom is -0.387 e. The topological polar surface area (TPSA) is 152 Å². The number of ether oxygens (including phenoxy) is 3. The number of aliphatic hydroxyl groups is 2. The summed E-state index contributed by atoms with van der Waals surface area (Å²) in [5.74, 6) is -1.99. The highest BCUT2D eigenvalue weighted by molar-refractivity contribution is 7.46. The van der Waals surface area contributed by atoms with Crippen molar-refractivity contribution < 1.29 is 48.1 Å². The molecule has 0 aliphatic carbocycles. The van der Waals surface area contributed by atoms with Gasteiger partial charge in [0.15, 0.2) is 11.6 Å².